The van der Waals surface area contributed by atoms with E-state index in [1.54, 1.807) is 0 Å². The van der Waals surface area contributed by atoms with E-state index in [4.69, 9.17) is 26.2 Å². The number of likely N-dealkylation sites (tertiary alicyclic amines) is 1. The van der Waals surface area contributed by atoms with E-state index < -0.39 is 6.29 Å². The maximum atomic E-state index is 13.2. The summed E-state index contributed by atoms with van der Waals surface area (Å²) in [5.41, 5.74) is 1.10. The maximum absolute atomic E-state index is 13.2. The summed E-state index contributed by atoms with van der Waals surface area (Å²) in [6.45, 7) is 2.23. The van der Waals surface area contributed by atoms with Gasteiger partial charge in [0.15, 0.2) is 5.76 Å². The van der Waals surface area contributed by atoms with E-state index in [0.717, 1.165) is 37.9 Å². The van der Waals surface area contributed by atoms with Crippen molar-refractivity contribution in [3.8, 4) is 0 Å². The molecular weight excluding hydrogens is 390 g/mol. The maximum Gasteiger partial charge on any atom is 0.288 e. The minimum absolute atomic E-state index is 0.0329. The molecule has 29 heavy (non-hydrogen) atoms. The summed E-state index contributed by atoms with van der Waals surface area (Å²) in [7, 11) is 0. The molecule has 1 aromatic rings. The zero-order valence-electron chi connectivity index (χ0n) is 17.0. The Morgan fingerprint density at radius 3 is 2.48 bits per heavy atom. The van der Waals surface area contributed by atoms with Gasteiger partial charge < -0.3 is 19.5 Å². The molecule has 0 aliphatic carbocycles. The quantitative estimate of drug-likeness (QED) is 0.652. The minimum Gasteiger partial charge on any atom is -0.459 e. The van der Waals surface area contributed by atoms with Crippen molar-refractivity contribution >= 4 is 17.5 Å². The molecule has 1 amide bonds. The SMILES string of the molecule is O=C(C1=C[C@@H](c2ccc(Cl)cc2)C[C@@H](OCCCCO)O1)N1CCCCCCC1. The Labute approximate surface area is 178 Å². The van der Waals surface area contributed by atoms with Crippen molar-refractivity contribution in [1.82, 2.24) is 4.90 Å². The summed E-state index contributed by atoms with van der Waals surface area (Å²) in [6.07, 6.45) is 9.28. The van der Waals surface area contributed by atoms with Crippen molar-refractivity contribution in [2.75, 3.05) is 26.3 Å². The Kier molecular flexibility index (Phi) is 8.84. The van der Waals surface area contributed by atoms with E-state index in [2.05, 4.69) is 0 Å². The highest BCUT2D eigenvalue weighted by Gasteiger charge is 2.31. The normalized spacial score (nSPS) is 23.0. The van der Waals surface area contributed by atoms with Crippen molar-refractivity contribution < 1.29 is 19.4 Å². The number of carbonyl (C=O) groups excluding carboxylic acids is 1. The van der Waals surface area contributed by atoms with E-state index in [0.29, 0.717) is 30.2 Å². The number of hydrogen-bond donors (Lipinski definition) is 1. The number of unbranched alkanes of at least 4 members (excludes halogenated alkanes) is 1. The fourth-order valence-electron chi connectivity index (χ4n) is 3.89. The van der Waals surface area contributed by atoms with Crippen molar-refractivity contribution in [3.63, 3.8) is 0 Å². The molecular formula is C23H32ClNO4. The predicted molar refractivity (Wildman–Crippen MR) is 114 cm³/mol. The van der Waals surface area contributed by atoms with E-state index in [-0.39, 0.29) is 18.4 Å². The zero-order valence-corrected chi connectivity index (χ0v) is 17.8. The molecule has 0 unspecified atom stereocenters. The predicted octanol–water partition coefficient (Wildman–Crippen LogP) is 4.64. The van der Waals surface area contributed by atoms with E-state index in [1.807, 2.05) is 35.2 Å². The molecule has 0 saturated carbocycles. The van der Waals surface area contributed by atoms with Gasteiger partial charge in [0.1, 0.15) is 0 Å². The van der Waals surface area contributed by atoms with Gasteiger partial charge in [-0.05, 0) is 49.5 Å². The number of aliphatic hydroxyl groups is 1. The molecule has 160 valence electrons. The molecule has 6 heteroatoms. The molecule has 1 aromatic carbocycles. The highest BCUT2D eigenvalue weighted by molar-refractivity contribution is 6.30. The van der Waals surface area contributed by atoms with Crippen molar-refractivity contribution in [2.45, 2.75) is 63.6 Å². The fraction of sp³-hybridized carbons (Fsp3) is 0.609. The average Bonchev–Trinajstić information content (AvgIpc) is 2.71. The molecule has 2 aliphatic rings. The van der Waals surface area contributed by atoms with Gasteiger partial charge >= 0.3 is 0 Å². The number of halogens is 1. The lowest BCUT2D eigenvalue weighted by atomic mass is 9.93. The number of allylic oxidation sites excluding steroid dienone is 1. The lowest BCUT2D eigenvalue weighted by Crippen LogP contribution is -2.38. The van der Waals surface area contributed by atoms with Gasteiger partial charge in [-0.2, -0.15) is 0 Å². The minimum atomic E-state index is -0.465. The first kappa shape index (κ1) is 22.1. The van der Waals surface area contributed by atoms with E-state index in [9.17, 15) is 4.79 Å². The second-order valence-corrected chi connectivity index (χ2v) is 8.27. The number of benzene rings is 1. The second-order valence-electron chi connectivity index (χ2n) is 7.83. The van der Waals surface area contributed by atoms with Crippen LogP contribution in [0.1, 0.15) is 62.8 Å². The van der Waals surface area contributed by atoms with Crippen LogP contribution in [0.25, 0.3) is 0 Å². The first-order valence-electron chi connectivity index (χ1n) is 10.8. The number of carbonyl (C=O) groups is 1. The Morgan fingerprint density at radius 1 is 1.10 bits per heavy atom. The van der Waals surface area contributed by atoms with Crippen LogP contribution in [0.4, 0.5) is 0 Å². The summed E-state index contributed by atoms with van der Waals surface area (Å²) >= 11 is 6.04. The Morgan fingerprint density at radius 2 is 1.79 bits per heavy atom. The summed E-state index contributed by atoms with van der Waals surface area (Å²) in [5, 5.41) is 9.65. The average molecular weight is 422 g/mol. The lowest BCUT2D eigenvalue weighted by Gasteiger charge is -2.32. The molecule has 0 aromatic heterocycles. The number of hydrogen-bond acceptors (Lipinski definition) is 4. The van der Waals surface area contributed by atoms with Crippen LogP contribution in [0.3, 0.4) is 0 Å². The van der Waals surface area contributed by atoms with Gasteiger partial charge in [-0.1, -0.05) is 43.0 Å². The van der Waals surface area contributed by atoms with Crippen LogP contribution in [0.2, 0.25) is 5.02 Å². The highest BCUT2D eigenvalue weighted by atomic mass is 35.5. The second kappa shape index (κ2) is 11.6. The Balaban J connectivity index is 1.73. The van der Waals surface area contributed by atoms with Crippen LogP contribution in [0.15, 0.2) is 36.1 Å². The molecule has 1 N–H and O–H groups in total. The van der Waals surface area contributed by atoms with Crippen molar-refractivity contribution in [1.29, 1.82) is 0 Å². The van der Waals surface area contributed by atoms with Crippen molar-refractivity contribution in [2.24, 2.45) is 0 Å². The fourth-order valence-corrected chi connectivity index (χ4v) is 4.01. The Bertz CT molecular complexity index is 668. The van der Waals surface area contributed by atoms with Crippen LogP contribution >= 0.6 is 11.6 Å². The first-order chi connectivity index (χ1) is 14.2. The van der Waals surface area contributed by atoms with Gasteiger partial charge in [0.05, 0.1) is 6.61 Å². The van der Waals surface area contributed by atoms with E-state index >= 15 is 0 Å². The highest BCUT2D eigenvalue weighted by Crippen LogP contribution is 2.33. The summed E-state index contributed by atoms with van der Waals surface area (Å²) < 4.78 is 11.9. The molecule has 0 radical (unpaired) electrons. The van der Waals surface area contributed by atoms with Gasteiger partial charge in [-0.25, -0.2) is 0 Å². The standard InChI is InChI=1S/C23H32ClNO4/c24-20-10-8-18(9-11-20)19-16-21(29-22(17-19)28-15-7-6-14-26)23(27)25-12-4-2-1-3-5-13-25/h8-11,16,19,22,26H,1-7,12-15,17H2/t19-,22+/m1/s1. The van der Waals surface area contributed by atoms with E-state index in [1.165, 1.54) is 19.3 Å². The molecule has 0 spiro atoms. The van der Waals surface area contributed by atoms with Crippen LogP contribution in [0, 0.1) is 0 Å². The third kappa shape index (κ3) is 6.73. The van der Waals surface area contributed by atoms with Gasteiger partial charge in [0.2, 0.25) is 6.29 Å². The number of nitrogens with zero attached hydrogens (tertiary/aromatic N) is 1. The molecule has 1 fully saturated rings. The van der Waals surface area contributed by atoms with Crippen LogP contribution in [-0.4, -0.2) is 48.5 Å². The molecule has 2 aliphatic heterocycles. The van der Waals surface area contributed by atoms with Crippen LogP contribution in [0.5, 0.6) is 0 Å². The largest absolute Gasteiger partial charge is 0.459 e. The lowest BCUT2D eigenvalue weighted by molar-refractivity contribution is -0.153. The number of aliphatic hydroxyl groups excluding tert-OH is 1. The topological polar surface area (TPSA) is 59.0 Å². The molecule has 3 rings (SSSR count). The molecule has 2 atom stereocenters. The van der Waals surface area contributed by atoms with Gasteiger partial charge in [0.25, 0.3) is 5.91 Å². The monoisotopic (exact) mass is 421 g/mol. The van der Waals surface area contributed by atoms with Crippen LogP contribution < -0.4 is 0 Å². The van der Waals surface area contributed by atoms with Gasteiger partial charge in [0, 0.05) is 37.1 Å². The molecule has 2 heterocycles. The summed E-state index contributed by atoms with van der Waals surface area (Å²) in [4.78, 5) is 15.1. The third-order valence-electron chi connectivity index (χ3n) is 5.57. The number of rotatable bonds is 7. The van der Waals surface area contributed by atoms with Gasteiger partial charge in [-0.15, -0.1) is 0 Å². The van der Waals surface area contributed by atoms with Gasteiger partial charge in [-0.3, -0.25) is 4.79 Å². The Hall–Kier alpha value is -1.56. The van der Waals surface area contributed by atoms with Crippen molar-refractivity contribution in [3.05, 3.63) is 46.7 Å². The first-order valence-corrected chi connectivity index (χ1v) is 11.2. The molecule has 1 saturated heterocycles. The summed E-state index contributed by atoms with van der Waals surface area (Å²) in [5.74, 6) is 0.399. The molecule has 5 nitrogen and oxygen atoms in total. The number of ether oxygens (including phenoxy) is 2. The number of amides is 1. The molecule has 0 bridgehead atoms. The third-order valence-corrected chi connectivity index (χ3v) is 5.82. The summed E-state index contributed by atoms with van der Waals surface area (Å²) in [6, 6.07) is 7.74. The zero-order chi connectivity index (χ0) is 20.5. The van der Waals surface area contributed by atoms with Crippen LogP contribution in [-0.2, 0) is 14.3 Å². The smallest absolute Gasteiger partial charge is 0.288 e.